The Morgan fingerprint density at radius 2 is 1.92 bits per heavy atom. The van der Waals surface area contributed by atoms with Gasteiger partial charge in [-0.05, 0) is 24.0 Å². The van der Waals surface area contributed by atoms with Crippen molar-refractivity contribution in [3.63, 3.8) is 0 Å². The highest BCUT2D eigenvalue weighted by Crippen LogP contribution is 2.18. The summed E-state index contributed by atoms with van der Waals surface area (Å²) in [5.41, 5.74) is 0.760. The van der Waals surface area contributed by atoms with Crippen LogP contribution in [0, 0.1) is 0 Å². The molecule has 0 fully saturated rings. The molecule has 3 heteroatoms. The average Bonchev–Trinajstić information content (AvgIpc) is 2.17. The van der Waals surface area contributed by atoms with Crippen LogP contribution in [0.15, 0.2) is 29.2 Å². The summed E-state index contributed by atoms with van der Waals surface area (Å²) in [4.78, 5) is 1.16. The molecule has 0 aliphatic rings. The summed E-state index contributed by atoms with van der Waals surface area (Å²) in [6.07, 6.45) is 1.25. The van der Waals surface area contributed by atoms with Crippen LogP contribution in [0.3, 0.4) is 0 Å². The van der Waals surface area contributed by atoms with Crippen LogP contribution in [-0.4, -0.2) is 23.1 Å². The van der Waals surface area contributed by atoms with Crippen molar-refractivity contribution in [1.29, 1.82) is 0 Å². The van der Waals surface area contributed by atoms with E-state index in [9.17, 15) is 5.11 Å². The highest BCUT2D eigenvalue weighted by Gasteiger charge is 2.04. The van der Waals surface area contributed by atoms with Crippen LogP contribution in [0.5, 0.6) is 0 Å². The predicted octanol–water partition coefficient (Wildman–Crippen LogP) is 1.43. The molecule has 0 radical (unpaired) electrons. The van der Waals surface area contributed by atoms with Gasteiger partial charge in [-0.2, -0.15) is 0 Å². The van der Waals surface area contributed by atoms with Crippen LogP contribution in [0.2, 0.25) is 0 Å². The lowest BCUT2D eigenvalue weighted by molar-refractivity contribution is 0.0956. The first-order valence-electron chi connectivity index (χ1n) is 3.71. The van der Waals surface area contributed by atoms with Gasteiger partial charge >= 0.3 is 0 Å². The van der Waals surface area contributed by atoms with Gasteiger partial charge in [-0.1, -0.05) is 12.1 Å². The number of benzene rings is 1. The summed E-state index contributed by atoms with van der Waals surface area (Å²) in [7, 11) is 0. The summed E-state index contributed by atoms with van der Waals surface area (Å²) in [5, 5.41) is 17.9. The van der Waals surface area contributed by atoms with Crippen molar-refractivity contribution in [2.45, 2.75) is 11.0 Å². The van der Waals surface area contributed by atoms with E-state index < -0.39 is 6.10 Å². The minimum Gasteiger partial charge on any atom is -0.393 e. The lowest BCUT2D eigenvalue weighted by atomic mass is 10.1. The molecular formula is C9H12O2S. The summed E-state index contributed by atoms with van der Waals surface area (Å²) < 4.78 is 0. The van der Waals surface area contributed by atoms with E-state index in [1.54, 1.807) is 11.8 Å². The topological polar surface area (TPSA) is 40.5 Å². The summed E-state index contributed by atoms with van der Waals surface area (Å²) in [6.45, 7) is -0.224. The normalized spacial score (nSPS) is 12.9. The highest BCUT2D eigenvalue weighted by atomic mass is 32.2. The molecule has 1 rings (SSSR count). The predicted molar refractivity (Wildman–Crippen MR) is 50.3 cm³/mol. The van der Waals surface area contributed by atoms with E-state index in [1.807, 2.05) is 30.5 Å². The van der Waals surface area contributed by atoms with Crippen molar-refractivity contribution in [1.82, 2.24) is 0 Å². The van der Waals surface area contributed by atoms with Crippen LogP contribution in [-0.2, 0) is 0 Å². The van der Waals surface area contributed by atoms with Crippen LogP contribution in [0.4, 0.5) is 0 Å². The molecule has 0 spiro atoms. The second-order valence-electron chi connectivity index (χ2n) is 2.47. The molecule has 1 unspecified atom stereocenters. The van der Waals surface area contributed by atoms with Gasteiger partial charge in [0, 0.05) is 4.90 Å². The molecule has 2 nitrogen and oxygen atoms in total. The van der Waals surface area contributed by atoms with Gasteiger partial charge in [0.15, 0.2) is 0 Å². The number of thioether (sulfide) groups is 1. The van der Waals surface area contributed by atoms with Gasteiger partial charge in [-0.25, -0.2) is 0 Å². The SMILES string of the molecule is CSc1ccc(C(O)CO)cc1. The minimum atomic E-state index is -0.749. The molecule has 0 aliphatic heterocycles. The zero-order valence-corrected chi connectivity index (χ0v) is 7.71. The molecule has 1 atom stereocenters. The Bertz CT molecular complexity index is 233. The second kappa shape index (κ2) is 4.50. The zero-order chi connectivity index (χ0) is 8.97. The van der Waals surface area contributed by atoms with Crippen LogP contribution < -0.4 is 0 Å². The third-order valence-corrected chi connectivity index (χ3v) is 2.42. The first-order valence-corrected chi connectivity index (χ1v) is 4.93. The molecule has 0 aliphatic carbocycles. The maximum Gasteiger partial charge on any atom is 0.102 e. The van der Waals surface area contributed by atoms with E-state index in [1.165, 1.54) is 0 Å². The van der Waals surface area contributed by atoms with Crippen LogP contribution in [0.25, 0.3) is 0 Å². The Balaban J connectivity index is 2.77. The van der Waals surface area contributed by atoms with Gasteiger partial charge in [-0.3, -0.25) is 0 Å². The Hall–Kier alpha value is -0.510. The highest BCUT2D eigenvalue weighted by molar-refractivity contribution is 7.98. The zero-order valence-electron chi connectivity index (χ0n) is 6.90. The molecular weight excluding hydrogens is 172 g/mol. The van der Waals surface area contributed by atoms with Crippen molar-refractivity contribution in [2.75, 3.05) is 12.9 Å². The van der Waals surface area contributed by atoms with Crippen molar-refractivity contribution >= 4 is 11.8 Å². The van der Waals surface area contributed by atoms with Gasteiger partial charge in [-0.15, -0.1) is 11.8 Å². The lowest BCUT2D eigenvalue weighted by Crippen LogP contribution is -2.01. The van der Waals surface area contributed by atoms with E-state index in [4.69, 9.17) is 5.11 Å². The standard InChI is InChI=1S/C9H12O2S/c1-12-8-4-2-7(3-5-8)9(11)6-10/h2-5,9-11H,6H2,1H3. The number of hydrogen-bond acceptors (Lipinski definition) is 3. The quantitative estimate of drug-likeness (QED) is 0.698. The minimum absolute atomic E-state index is 0.224. The van der Waals surface area contributed by atoms with Gasteiger partial charge in [0.25, 0.3) is 0 Å². The molecule has 0 saturated heterocycles. The second-order valence-corrected chi connectivity index (χ2v) is 3.35. The monoisotopic (exact) mass is 184 g/mol. The van der Waals surface area contributed by atoms with Crippen molar-refractivity contribution in [3.05, 3.63) is 29.8 Å². The number of rotatable bonds is 3. The summed E-state index contributed by atoms with van der Waals surface area (Å²) in [6, 6.07) is 7.51. The number of aliphatic hydroxyl groups is 2. The maximum absolute atomic E-state index is 9.24. The van der Waals surface area contributed by atoms with E-state index in [2.05, 4.69) is 0 Å². The van der Waals surface area contributed by atoms with Crippen molar-refractivity contribution in [3.8, 4) is 0 Å². The molecule has 1 aromatic rings. The van der Waals surface area contributed by atoms with Crippen LogP contribution in [0.1, 0.15) is 11.7 Å². The Morgan fingerprint density at radius 3 is 2.33 bits per heavy atom. The maximum atomic E-state index is 9.24. The van der Waals surface area contributed by atoms with E-state index in [0.717, 1.165) is 10.5 Å². The van der Waals surface area contributed by atoms with E-state index >= 15 is 0 Å². The number of aliphatic hydroxyl groups excluding tert-OH is 2. The summed E-state index contributed by atoms with van der Waals surface area (Å²) >= 11 is 1.65. The Kier molecular flexibility index (Phi) is 3.59. The smallest absolute Gasteiger partial charge is 0.102 e. The van der Waals surface area contributed by atoms with Crippen molar-refractivity contribution in [2.24, 2.45) is 0 Å². The first kappa shape index (κ1) is 9.58. The number of hydrogen-bond donors (Lipinski definition) is 2. The van der Waals surface area contributed by atoms with Crippen molar-refractivity contribution < 1.29 is 10.2 Å². The Morgan fingerprint density at radius 1 is 1.33 bits per heavy atom. The third kappa shape index (κ3) is 2.24. The largest absolute Gasteiger partial charge is 0.393 e. The molecule has 2 N–H and O–H groups in total. The molecule has 12 heavy (non-hydrogen) atoms. The van der Waals surface area contributed by atoms with Gasteiger partial charge < -0.3 is 10.2 Å². The fraction of sp³-hybridized carbons (Fsp3) is 0.333. The average molecular weight is 184 g/mol. The Labute approximate surface area is 76.2 Å². The molecule has 0 saturated carbocycles. The molecule has 1 aromatic carbocycles. The molecule has 0 bridgehead atoms. The van der Waals surface area contributed by atoms with E-state index in [0.29, 0.717) is 0 Å². The molecule has 0 amide bonds. The molecule has 0 heterocycles. The molecule has 0 aromatic heterocycles. The fourth-order valence-corrected chi connectivity index (χ4v) is 1.34. The molecule has 66 valence electrons. The summed E-state index contributed by atoms with van der Waals surface area (Å²) in [5.74, 6) is 0. The van der Waals surface area contributed by atoms with E-state index in [-0.39, 0.29) is 6.61 Å². The van der Waals surface area contributed by atoms with Gasteiger partial charge in [0.1, 0.15) is 6.10 Å². The third-order valence-electron chi connectivity index (χ3n) is 1.67. The van der Waals surface area contributed by atoms with Crippen LogP contribution >= 0.6 is 11.8 Å². The fourth-order valence-electron chi connectivity index (χ4n) is 0.931. The first-order chi connectivity index (χ1) is 5.77. The van der Waals surface area contributed by atoms with Gasteiger partial charge in [0.2, 0.25) is 0 Å². The van der Waals surface area contributed by atoms with Gasteiger partial charge in [0.05, 0.1) is 6.61 Å². The lowest BCUT2D eigenvalue weighted by Gasteiger charge is -2.06.